The summed E-state index contributed by atoms with van der Waals surface area (Å²) < 4.78 is 62.4. The van der Waals surface area contributed by atoms with E-state index in [0.29, 0.717) is 23.0 Å². The van der Waals surface area contributed by atoms with E-state index in [4.69, 9.17) is 0 Å². The molecule has 180 valence electrons. The van der Waals surface area contributed by atoms with Crippen molar-refractivity contribution in [3.63, 3.8) is 0 Å². The lowest BCUT2D eigenvalue weighted by molar-refractivity contribution is -0.141. The monoisotopic (exact) mass is 492 g/mol. The molecular weight excluding hydrogens is 469 g/mol. The number of hydrogen-bond donors (Lipinski definition) is 0. The molecule has 0 radical (unpaired) electrons. The number of halogens is 3. The van der Waals surface area contributed by atoms with Gasteiger partial charge in [0.05, 0.1) is 29.2 Å². The lowest BCUT2D eigenvalue weighted by atomic mass is 9.81. The topological polar surface area (TPSA) is 103 Å². The van der Waals surface area contributed by atoms with Gasteiger partial charge in [-0.05, 0) is 25.5 Å². The fourth-order valence-electron chi connectivity index (χ4n) is 3.10. The van der Waals surface area contributed by atoms with Gasteiger partial charge < -0.3 is 0 Å². The number of alkyl halides is 3. The second-order valence-electron chi connectivity index (χ2n) is 8.24. The van der Waals surface area contributed by atoms with Crippen molar-refractivity contribution in [2.75, 3.05) is 5.75 Å². The molecule has 2 aromatic heterocycles. The van der Waals surface area contributed by atoms with Gasteiger partial charge in [-0.3, -0.25) is 9.78 Å². The highest BCUT2D eigenvalue weighted by Gasteiger charge is 2.33. The Morgan fingerprint density at radius 2 is 1.65 bits per heavy atom. The van der Waals surface area contributed by atoms with Crippen LogP contribution in [0.3, 0.4) is 0 Å². The number of Topliss-reactive ketones (excluding diaryl/α,β-unsaturated/α-hetero) is 1. The Morgan fingerprint density at radius 1 is 0.971 bits per heavy atom. The molecule has 0 saturated heterocycles. The van der Waals surface area contributed by atoms with Gasteiger partial charge >= 0.3 is 6.18 Å². The van der Waals surface area contributed by atoms with Gasteiger partial charge in [0.25, 0.3) is 0 Å². The zero-order valence-corrected chi connectivity index (χ0v) is 19.6. The van der Waals surface area contributed by atoms with Crippen LogP contribution in [0.2, 0.25) is 0 Å². The number of nitrogens with zero attached hydrogens (tertiary/aromatic N) is 4. The molecule has 0 aliphatic heterocycles. The van der Waals surface area contributed by atoms with E-state index in [1.54, 1.807) is 44.2 Å². The number of sulfone groups is 1. The first-order chi connectivity index (χ1) is 15.8. The minimum absolute atomic E-state index is 0.0367. The summed E-state index contributed by atoms with van der Waals surface area (Å²) >= 11 is 0. The van der Waals surface area contributed by atoms with Gasteiger partial charge in [0, 0.05) is 23.9 Å². The third-order valence-corrected chi connectivity index (χ3v) is 6.95. The molecule has 0 aliphatic rings. The third kappa shape index (κ3) is 6.02. The molecule has 34 heavy (non-hydrogen) atoms. The fraction of sp³-hybridized carbons (Fsp3) is 0.348. The zero-order valence-electron chi connectivity index (χ0n) is 18.8. The normalized spacial score (nSPS) is 12.5. The van der Waals surface area contributed by atoms with Crippen molar-refractivity contribution < 1.29 is 26.4 Å². The van der Waals surface area contributed by atoms with Crippen molar-refractivity contribution in [3.05, 3.63) is 71.7 Å². The Labute approximate surface area is 195 Å². The lowest BCUT2D eigenvalue weighted by Crippen LogP contribution is -2.32. The zero-order chi connectivity index (χ0) is 25.1. The second kappa shape index (κ2) is 9.57. The predicted octanol–water partition coefficient (Wildman–Crippen LogP) is 3.98. The molecule has 0 amide bonds. The highest BCUT2D eigenvalue weighted by atomic mass is 32.2. The fourth-order valence-corrected chi connectivity index (χ4v) is 3.84. The molecule has 11 heteroatoms. The Hall–Kier alpha value is -3.21. The van der Waals surface area contributed by atoms with Crippen molar-refractivity contribution in [2.24, 2.45) is 0 Å². The van der Waals surface area contributed by atoms with Gasteiger partial charge in [0.2, 0.25) is 0 Å². The van der Waals surface area contributed by atoms with E-state index >= 15 is 0 Å². The average molecular weight is 493 g/mol. The number of ketones is 1. The maximum Gasteiger partial charge on any atom is 0.434 e. The Morgan fingerprint density at radius 3 is 2.26 bits per heavy atom. The van der Waals surface area contributed by atoms with E-state index in [1.165, 1.54) is 19.3 Å². The summed E-state index contributed by atoms with van der Waals surface area (Å²) in [5.74, 6) is -0.374. The van der Waals surface area contributed by atoms with Crippen molar-refractivity contribution in [2.45, 2.75) is 44.5 Å². The molecule has 7 nitrogen and oxygen atoms in total. The lowest BCUT2D eigenvalue weighted by Gasteiger charge is -2.23. The number of carbonyl (C=O) groups is 1. The van der Waals surface area contributed by atoms with Gasteiger partial charge in [0.1, 0.15) is 17.4 Å². The van der Waals surface area contributed by atoms with Crippen LogP contribution in [0.5, 0.6) is 0 Å². The van der Waals surface area contributed by atoms with E-state index < -0.39 is 27.1 Å². The SMILES string of the molecule is CCS(=O)(=O)Cc1nccc(C(C)(C)C(=O)Cc2ccc(-c3cncc(C(F)(F)F)n3)cc2)n1. The van der Waals surface area contributed by atoms with E-state index in [9.17, 15) is 26.4 Å². The van der Waals surface area contributed by atoms with E-state index in [2.05, 4.69) is 19.9 Å². The largest absolute Gasteiger partial charge is 0.434 e. The summed E-state index contributed by atoms with van der Waals surface area (Å²) in [6.45, 7) is 4.93. The van der Waals surface area contributed by atoms with Crippen molar-refractivity contribution in [1.29, 1.82) is 0 Å². The van der Waals surface area contributed by atoms with Crippen LogP contribution in [0.1, 0.15) is 43.5 Å². The number of carbonyl (C=O) groups excluding carboxylic acids is 1. The smallest absolute Gasteiger partial charge is 0.298 e. The second-order valence-corrected chi connectivity index (χ2v) is 10.6. The highest BCUT2D eigenvalue weighted by Crippen LogP contribution is 2.29. The summed E-state index contributed by atoms with van der Waals surface area (Å²) in [6.07, 6.45) is -1.21. The molecular formula is C23H23F3N4O3S. The number of rotatable bonds is 8. The van der Waals surface area contributed by atoms with Crippen LogP contribution < -0.4 is 0 Å². The molecule has 0 unspecified atom stereocenters. The van der Waals surface area contributed by atoms with Crippen LogP contribution in [0, 0.1) is 0 Å². The van der Waals surface area contributed by atoms with E-state index in [0.717, 1.165) is 0 Å². The molecule has 0 N–H and O–H groups in total. The minimum Gasteiger partial charge on any atom is -0.298 e. The number of aromatic nitrogens is 4. The summed E-state index contributed by atoms with van der Waals surface area (Å²) in [5, 5.41) is 0. The standard InChI is InChI=1S/C23H23F3N4O3S/c1-4-34(32,33)14-21-28-10-9-18(30-21)22(2,3)20(31)11-15-5-7-16(8-6-15)17-12-27-13-19(29-17)23(24,25)26/h5-10,12-13H,4,11,14H2,1-3H3. The molecule has 0 fully saturated rings. The van der Waals surface area contributed by atoms with Crippen LogP contribution in [0.4, 0.5) is 13.2 Å². The molecule has 2 heterocycles. The van der Waals surface area contributed by atoms with Gasteiger partial charge in [-0.25, -0.2) is 23.4 Å². The van der Waals surface area contributed by atoms with Crippen molar-refractivity contribution in [1.82, 2.24) is 19.9 Å². The molecule has 0 spiro atoms. The van der Waals surface area contributed by atoms with Gasteiger partial charge in [0.15, 0.2) is 15.5 Å². The quantitative estimate of drug-likeness (QED) is 0.469. The molecule has 3 rings (SSSR count). The molecule has 0 aliphatic carbocycles. The minimum atomic E-state index is -4.59. The Balaban J connectivity index is 1.77. The summed E-state index contributed by atoms with van der Waals surface area (Å²) in [4.78, 5) is 28.6. The molecule has 0 atom stereocenters. The van der Waals surface area contributed by atoms with Gasteiger partial charge in [-0.1, -0.05) is 31.2 Å². The van der Waals surface area contributed by atoms with Crippen LogP contribution >= 0.6 is 0 Å². The first kappa shape index (κ1) is 25.4. The molecule has 3 aromatic rings. The molecule has 0 saturated carbocycles. The first-order valence-corrected chi connectivity index (χ1v) is 12.2. The molecule has 0 bridgehead atoms. The van der Waals surface area contributed by atoms with Gasteiger partial charge in [-0.15, -0.1) is 0 Å². The predicted molar refractivity (Wildman–Crippen MR) is 119 cm³/mol. The van der Waals surface area contributed by atoms with E-state index in [-0.39, 0.29) is 35.2 Å². The number of benzene rings is 1. The van der Waals surface area contributed by atoms with Gasteiger partial charge in [-0.2, -0.15) is 13.2 Å². The Bertz CT molecular complexity index is 1290. The van der Waals surface area contributed by atoms with Crippen molar-refractivity contribution >= 4 is 15.6 Å². The van der Waals surface area contributed by atoms with E-state index in [1.807, 2.05) is 0 Å². The maximum atomic E-state index is 13.1. The highest BCUT2D eigenvalue weighted by molar-refractivity contribution is 7.90. The molecule has 1 aromatic carbocycles. The van der Waals surface area contributed by atoms with Crippen LogP contribution in [0.25, 0.3) is 11.3 Å². The summed E-state index contributed by atoms with van der Waals surface area (Å²) in [6, 6.07) is 8.03. The third-order valence-electron chi connectivity index (χ3n) is 5.37. The summed E-state index contributed by atoms with van der Waals surface area (Å²) in [5.41, 5.74) is -0.523. The average Bonchev–Trinajstić information content (AvgIpc) is 2.79. The summed E-state index contributed by atoms with van der Waals surface area (Å²) in [7, 11) is -3.32. The maximum absolute atomic E-state index is 13.1. The van der Waals surface area contributed by atoms with Crippen LogP contribution in [-0.4, -0.2) is 39.9 Å². The Kier molecular flexibility index (Phi) is 7.15. The number of hydrogen-bond acceptors (Lipinski definition) is 7. The van der Waals surface area contributed by atoms with Crippen LogP contribution in [-0.2, 0) is 38.4 Å². The first-order valence-electron chi connectivity index (χ1n) is 10.4. The van der Waals surface area contributed by atoms with Crippen LogP contribution in [0.15, 0.2) is 48.9 Å². The van der Waals surface area contributed by atoms with Crippen molar-refractivity contribution in [3.8, 4) is 11.3 Å².